The summed E-state index contributed by atoms with van der Waals surface area (Å²) < 4.78 is 6.33. The second-order valence-corrected chi connectivity index (χ2v) is 3.53. The summed E-state index contributed by atoms with van der Waals surface area (Å²) in [6, 6.07) is -1.70. The summed E-state index contributed by atoms with van der Waals surface area (Å²) in [6.45, 7) is 0.0500. The quantitative estimate of drug-likeness (QED) is 0.583. The highest BCUT2D eigenvalue weighted by Crippen LogP contribution is 1.90. The monoisotopic (exact) mass is 257 g/mol. The molecule has 1 atom stereocenters. The Balaban J connectivity index is 2.41. The van der Waals surface area contributed by atoms with Crippen LogP contribution in [0.1, 0.15) is 5.82 Å². The van der Waals surface area contributed by atoms with Gasteiger partial charge in [-0.15, -0.1) is 10.2 Å². The van der Waals surface area contributed by atoms with Gasteiger partial charge in [-0.25, -0.2) is 9.59 Å². The number of amides is 2. The lowest BCUT2D eigenvalue weighted by Crippen LogP contribution is -2.48. The molecular weight excluding hydrogens is 242 g/mol. The molecule has 0 bridgehead atoms. The van der Waals surface area contributed by atoms with Crippen LogP contribution in [0.25, 0.3) is 0 Å². The summed E-state index contributed by atoms with van der Waals surface area (Å²) >= 11 is 0. The predicted molar refractivity (Wildman–Crippen MR) is 59.7 cm³/mol. The third kappa shape index (κ3) is 4.01. The molecule has 0 radical (unpaired) electrons. The number of nitrogens with zero attached hydrogens (tertiary/aromatic N) is 3. The molecule has 1 rings (SSSR count). The Hall–Kier alpha value is -2.16. The number of carboxylic acid groups (broad SMARTS) is 1. The zero-order chi connectivity index (χ0) is 13.5. The topological polar surface area (TPSA) is 118 Å². The summed E-state index contributed by atoms with van der Waals surface area (Å²) in [4.78, 5) is 22.2. The molecule has 1 aromatic rings. The van der Waals surface area contributed by atoms with Gasteiger partial charge in [0.2, 0.25) is 0 Å². The van der Waals surface area contributed by atoms with Gasteiger partial charge in [-0.05, 0) is 0 Å². The van der Waals surface area contributed by atoms with E-state index in [9.17, 15) is 9.59 Å². The molecular formula is C9H15N5O4. The zero-order valence-corrected chi connectivity index (χ0v) is 10.1. The molecule has 0 aliphatic rings. The summed E-state index contributed by atoms with van der Waals surface area (Å²) in [7, 11) is 3.09. The molecule has 1 unspecified atom stereocenters. The molecule has 1 aromatic heterocycles. The maximum absolute atomic E-state index is 11.4. The lowest BCUT2D eigenvalue weighted by molar-refractivity contribution is -0.140. The fraction of sp³-hybridized carbons (Fsp3) is 0.556. The summed E-state index contributed by atoms with van der Waals surface area (Å²) in [5, 5.41) is 21.0. The average molecular weight is 257 g/mol. The van der Waals surface area contributed by atoms with Gasteiger partial charge in [0.1, 0.15) is 6.33 Å². The fourth-order valence-corrected chi connectivity index (χ4v) is 1.18. The second kappa shape index (κ2) is 6.55. The number of carbonyl (C=O) groups is 2. The smallest absolute Gasteiger partial charge is 0.328 e. The molecule has 9 nitrogen and oxygen atoms in total. The van der Waals surface area contributed by atoms with Gasteiger partial charge in [0.05, 0.1) is 13.2 Å². The van der Waals surface area contributed by atoms with Crippen LogP contribution >= 0.6 is 0 Å². The van der Waals surface area contributed by atoms with Crippen molar-refractivity contribution in [2.75, 3.05) is 13.7 Å². The first-order valence-electron chi connectivity index (χ1n) is 5.13. The van der Waals surface area contributed by atoms with E-state index in [4.69, 9.17) is 5.11 Å². The minimum Gasteiger partial charge on any atom is -0.480 e. The van der Waals surface area contributed by atoms with E-state index in [2.05, 4.69) is 25.6 Å². The molecule has 9 heteroatoms. The van der Waals surface area contributed by atoms with Crippen molar-refractivity contribution in [2.24, 2.45) is 7.05 Å². The van der Waals surface area contributed by atoms with Crippen LogP contribution in [0.3, 0.4) is 0 Å². The Bertz CT molecular complexity index is 419. The largest absolute Gasteiger partial charge is 0.480 e. The van der Waals surface area contributed by atoms with Gasteiger partial charge in [-0.3, -0.25) is 0 Å². The summed E-state index contributed by atoms with van der Waals surface area (Å²) in [5.74, 6) is -0.602. The van der Waals surface area contributed by atoms with Crippen LogP contribution in [0.15, 0.2) is 6.33 Å². The van der Waals surface area contributed by atoms with E-state index in [-0.39, 0.29) is 13.2 Å². The molecule has 0 fully saturated rings. The molecule has 18 heavy (non-hydrogen) atoms. The van der Waals surface area contributed by atoms with Gasteiger partial charge in [0.25, 0.3) is 0 Å². The number of aliphatic carboxylic acids is 1. The van der Waals surface area contributed by atoms with Gasteiger partial charge >= 0.3 is 12.0 Å². The predicted octanol–water partition coefficient (Wildman–Crippen LogP) is -1.29. The Morgan fingerprint density at radius 2 is 2.33 bits per heavy atom. The first-order valence-corrected chi connectivity index (χ1v) is 5.13. The minimum atomic E-state index is -1.16. The SMILES string of the molecule is COCC(NC(=O)NCc1nncn1C)C(=O)O. The van der Waals surface area contributed by atoms with Gasteiger partial charge in [-0.1, -0.05) is 0 Å². The molecule has 3 N–H and O–H groups in total. The molecule has 100 valence electrons. The zero-order valence-electron chi connectivity index (χ0n) is 10.1. The number of aromatic nitrogens is 3. The van der Waals surface area contributed by atoms with Crippen molar-refractivity contribution in [1.29, 1.82) is 0 Å². The van der Waals surface area contributed by atoms with E-state index in [1.807, 2.05) is 0 Å². The number of carboxylic acids is 1. The van der Waals surface area contributed by atoms with E-state index >= 15 is 0 Å². The van der Waals surface area contributed by atoms with E-state index in [1.165, 1.54) is 13.4 Å². The molecule has 0 aliphatic carbocycles. The molecule has 0 saturated carbocycles. The number of urea groups is 1. The van der Waals surface area contributed by atoms with Crippen LogP contribution in [0.4, 0.5) is 4.79 Å². The number of methoxy groups -OCH3 is 1. The van der Waals surface area contributed by atoms with Gasteiger partial charge in [0.15, 0.2) is 11.9 Å². The van der Waals surface area contributed by atoms with Gasteiger partial charge in [0, 0.05) is 14.2 Å². The van der Waals surface area contributed by atoms with Crippen molar-refractivity contribution in [2.45, 2.75) is 12.6 Å². The molecule has 0 spiro atoms. The Morgan fingerprint density at radius 3 is 2.83 bits per heavy atom. The summed E-state index contributed by atoms with van der Waals surface area (Å²) in [5.41, 5.74) is 0. The minimum absolute atomic E-state index is 0.104. The van der Waals surface area contributed by atoms with Gasteiger partial charge < -0.3 is 25.0 Å². The maximum atomic E-state index is 11.4. The van der Waals surface area contributed by atoms with Crippen LogP contribution in [-0.2, 0) is 23.1 Å². The van der Waals surface area contributed by atoms with Crippen molar-refractivity contribution in [3.05, 3.63) is 12.2 Å². The number of rotatable bonds is 6. The van der Waals surface area contributed by atoms with Crippen molar-refractivity contribution in [3.8, 4) is 0 Å². The Labute approximate surface area is 103 Å². The standard InChI is InChI=1S/C9H15N5O4/c1-14-5-11-13-7(14)3-10-9(17)12-6(4-18-2)8(15)16/h5-6H,3-4H2,1-2H3,(H,15,16)(H2,10,12,17). The normalized spacial score (nSPS) is 11.9. The molecule has 1 heterocycles. The van der Waals surface area contributed by atoms with Crippen molar-refractivity contribution < 1.29 is 19.4 Å². The third-order valence-corrected chi connectivity index (χ3v) is 2.15. The molecule has 0 aliphatic heterocycles. The Kier molecular flexibility index (Phi) is 5.06. The number of carbonyl (C=O) groups excluding carboxylic acids is 1. The lowest BCUT2D eigenvalue weighted by atomic mass is 10.3. The van der Waals surface area contributed by atoms with E-state index in [0.29, 0.717) is 5.82 Å². The van der Waals surface area contributed by atoms with Crippen molar-refractivity contribution >= 4 is 12.0 Å². The third-order valence-electron chi connectivity index (χ3n) is 2.15. The number of aryl methyl sites for hydroxylation is 1. The van der Waals surface area contributed by atoms with Gasteiger partial charge in [-0.2, -0.15) is 0 Å². The summed E-state index contributed by atoms with van der Waals surface area (Å²) in [6.07, 6.45) is 1.50. The number of ether oxygens (including phenoxy) is 1. The average Bonchev–Trinajstić information content (AvgIpc) is 2.71. The first-order chi connectivity index (χ1) is 8.54. The second-order valence-electron chi connectivity index (χ2n) is 3.53. The van der Waals surface area contributed by atoms with Crippen LogP contribution in [-0.4, -0.2) is 51.6 Å². The number of nitrogens with one attached hydrogen (secondary N) is 2. The molecule has 2 amide bonds. The first kappa shape index (κ1) is 13.9. The van der Waals surface area contributed by atoms with E-state index < -0.39 is 18.0 Å². The van der Waals surface area contributed by atoms with E-state index in [0.717, 1.165) is 0 Å². The fourth-order valence-electron chi connectivity index (χ4n) is 1.18. The Morgan fingerprint density at radius 1 is 1.61 bits per heavy atom. The maximum Gasteiger partial charge on any atom is 0.328 e. The number of hydrogen-bond acceptors (Lipinski definition) is 5. The van der Waals surface area contributed by atoms with Crippen LogP contribution in [0.2, 0.25) is 0 Å². The molecule has 0 aromatic carbocycles. The lowest BCUT2D eigenvalue weighted by Gasteiger charge is -2.13. The number of hydrogen-bond donors (Lipinski definition) is 3. The van der Waals surface area contributed by atoms with Crippen molar-refractivity contribution in [3.63, 3.8) is 0 Å². The highest BCUT2D eigenvalue weighted by molar-refractivity contribution is 5.82. The van der Waals surface area contributed by atoms with Crippen LogP contribution in [0.5, 0.6) is 0 Å². The van der Waals surface area contributed by atoms with E-state index in [1.54, 1.807) is 11.6 Å². The van der Waals surface area contributed by atoms with Crippen LogP contribution in [0, 0.1) is 0 Å². The highest BCUT2D eigenvalue weighted by Gasteiger charge is 2.19. The van der Waals surface area contributed by atoms with Crippen molar-refractivity contribution in [1.82, 2.24) is 25.4 Å². The molecule has 0 saturated heterocycles. The van der Waals surface area contributed by atoms with Crippen LogP contribution < -0.4 is 10.6 Å². The highest BCUT2D eigenvalue weighted by atomic mass is 16.5.